The van der Waals surface area contributed by atoms with Gasteiger partial charge < -0.3 is 36.6 Å². The van der Waals surface area contributed by atoms with E-state index in [4.69, 9.17) is 17.3 Å². The number of likely N-dealkylation sites (N-methyl/N-ethyl adjacent to an activating group) is 1. The molecule has 0 bridgehead atoms. The number of rotatable bonds is 5. The molecule has 0 saturated carbocycles. The molecule has 0 aliphatic heterocycles. The van der Waals surface area contributed by atoms with Gasteiger partial charge in [0.2, 0.25) is 5.78 Å². The molecule has 6 atom stereocenters. The van der Waals surface area contributed by atoms with Crippen LogP contribution in [0.4, 0.5) is 10.5 Å². The predicted molar refractivity (Wildman–Crippen MR) is 161 cm³/mol. The smallest absolute Gasteiger partial charge is 0.333 e. The molecule has 3 aliphatic rings. The summed E-state index contributed by atoms with van der Waals surface area (Å²) in [4.78, 5) is 53.3. The fraction of sp³-hybridized carbons (Fsp3) is 0.310. The summed E-state index contributed by atoms with van der Waals surface area (Å²) in [5.74, 6) is -10.8. The SMILES string of the molecule is C[C@H]1c2ccc(NC(=O)NS(=O)(=O)c3ccc(Cl)cc3)c(O)c2C(=O)C2=C(O)[C@]3(O)C(=O)C(C(N)=O)=C(O)[C@@H](N(C)C)[C@@H]3[C@@H](O)[C@@H]21. The van der Waals surface area contributed by atoms with Crippen LogP contribution in [0.1, 0.15) is 28.8 Å². The Hall–Kier alpha value is -4.48. The third-order valence-electron chi connectivity index (χ3n) is 8.73. The van der Waals surface area contributed by atoms with Crippen molar-refractivity contribution >= 4 is 50.8 Å². The highest BCUT2D eigenvalue weighted by atomic mass is 35.5. The van der Waals surface area contributed by atoms with E-state index < -0.39 is 109 Å². The number of primary amides is 1. The molecule has 0 spiro atoms. The topological polar surface area (TPSA) is 257 Å². The summed E-state index contributed by atoms with van der Waals surface area (Å²) in [6.45, 7) is 1.54. The largest absolute Gasteiger partial charge is 0.510 e. The Balaban J connectivity index is 1.58. The number of aromatic hydroxyl groups is 1. The quantitative estimate of drug-likeness (QED) is 0.162. The molecule has 3 amide bonds. The highest BCUT2D eigenvalue weighted by Gasteiger charge is 2.67. The number of Topliss-reactive ketones (excluding diaryl/α,β-unsaturated/α-hetero) is 2. The predicted octanol–water partition coefficient (Wildman–Crippen LogP) is 0.816. The highest BCUT2D eigenvalue weighted by molar-refractivity contribution is 7.90. The number of nitrogens with zero attached hydrogens (tertiary/aromatic N) is 1. The molecule has 244 valence electrons. The lowest BCUT2D eigenvalue weighted by molar-refractivity contribution is -0.162. The van der Waals surface area contributed by atoms with Gasteiger partial charge in [-0.05, 0) is 55.9 Å². The minimum Gasteiger partial charge on any atom is -0.510 e. The van der Waals surface area contributed by atoms with Gasteiger partial charge in [-0.1, -0.05) is 24.6 Å². The lowest BCUT2D eigenvalue weighted by Crippen LogP contribution is -2.68. The van der Waals surface area contributed by atoms with E-state index >= 15 is 0 Å². The second-order valence-corrected chi connectivity index (χ2v) is 13.6. The van der Waals surface area contributed by atoms with Crippen LogP contribution in [-0.4, -0.2) is 94.2 Å². The molecule has 15 nitrogen and oxygen atoms in total. The minimum atomic E-state index is -4.38. The number of nitrogens with two attached hydrogens (primary N) is 1. The van der Waals surface area contributed by atoms with E-state index in [1.807, 2.05) is 0 Å². The molecule has 2 aromatic carbocycles. The third-order valence-corrected chi connectivity index (χ3v) is 10.3. The van der Waals surface area contributed by atoms with Gasteiger partial charge in [0.15, 0.2) is 17.1 Å². The zero-order chi connectivity index (χ0) is 34.2. The first kappa shape index (κ1) is 32.9. The fourth-order valence-corrected chi connectivity index (χ4v) is 7.70. The van der Waals surface area contributed by atoms with Crippen molar-refractivity contribution in [3.8, 4) is 5.75 Å². The van der Waals surface area contributed by atoms with Crippen molar-refractivity contribution in [2.45, 2.75) is 35.5 Å². The van der Waals surface area contributed by atoms with Crippen LogP contribution in [0.15, 0.2) is 64.0 Å². The van der Waals surface area contributed by atoms with Gasteiger partial charge in [0.05, 0.1) is 34.2 Å². The minimum absolute atomic E-state index is 0.148. The molecule has 0 aromatic heterocycles. The number of carbonyl (C=O) groups excluding carboxylic acids is 4. The Bertz CT molecular complexity index is 1890. The number of amides is 3. The van der Waals surface area contributed by atoms with E-state index in [0.717, 1.165) is 12.1 Å². The number of benzene rings is 2. The molecule has 0 saturated heterocycles. The van der Waals surface area contributed by atoms with Gasteiger partial charge in [-0.2, -0.15) is 0 Å². The Morgan fingerprint density at radius 1 is 1.04 bits per heavy atom. The number of phenolic OH excluding ortho intramolecular Hbond substituents is 1. The van der Waals surface area contributed by atoms with Gasteiger partial charge in [-0.3, -0.25) is 19.3 Å². The van der Waals surface area contributed by atoms with Gasteiger partial charge in [-0.25, -0.2) is 17.9 Å². The van der Waals surface area contributed by atoms with Gasteiger partial charge in [0.25, 0.3) is 15.9 Å². The molecule has 3 aliphatic carbocycles. The number of nitrogens with one attached hydrogen (secondary N) is 2. The van der Waals surface area contributed by atoms with E-state index in [1.165, 1.54) is 50.2 Å². The first-order valence-electron chi connectivity index (χ1n) is 13.6. The Morgan fingerprint density at radius 3 is 2.22 bits per heavy atom. The summed E-state index contributed by atoms with van der Waals surface area (Å²) >= 11 is 5.78. The van der Waals surface area contributed by atoms with Crippen LogP contribution in [0.3, 0.4) is 0 Å². The molecule has 46 heavy (non-hydrogen) atoms. The number of anilines is 1. The molecule has 0 unspecified atom stereocenters. The number of carbonyl (C=O) groups is 4. The summed E-state index contributed by atoms with van der Waals surface area (Å²) in [6, 6.07) is 4.71. The summed E-state index contributed by atoms with van der Waals surface area (Å²) in [6.07, 6.45) is -1.78. The molecule has 0 fully saturated rings. The summed E-state index contributed by atoms with van der Waals surface area (Å²) < 4.78 is 27.0. The van der Waals surface area contributed by atoms with E-state index in [1.54, 1.807) is 4.72 Å². The number of ketones is 2. The molecule has 0 heterocycles. The summed E-state index contributed by atoms with van der Waals surface area (Å²) in [5, 5.41) is 59.3. The second kappa shape index (κ2) is 11.1. The monoisotopic (exact) mass is 676 g/mol. The van der Waals surface area contributed by atoms with E-state index in [-0.39, 0.29) is 15.5 Å². The number of fused-ring (bicyclic) bond motifs is 3. The Labute approximate surface area is 266 Å². The van der Waals surface area contributed by atoms with Crippen LogP contribution < -0.4 is 15.8 Å². The molecule has 5 rings (SSSR count). The van der Waals surface area contributed by atoms with Crippen molar-refractivity contribution in [3.05, 3.63) is 75.2 Å². The number of hydrogen-bond acceptors (Lipinski definition) is 12. The molecule has 0 radical (unpaired) electrons. The van der Waals surface area contributed by atoms with E-state index in [0.29, 0.717) is 0 Å². The molecule has 2 aromatic rings. The van der Waals surface area contributed by atoms with Gasteiger partial charge >= 0.3 is 6.03 Å². The maximum Gasteiger partial charge on any atom is 0.333 e. The summed E-state index contributed by atoms with van der Waals surface area (Å²) in [7, 11) is -1.53. The lowest BCUT2D eigenvalue weighted by Gasteiger charge is -2.53. The van der Waals surface area contributed by atoms with E-state index in [9.17, 15) is 53.1 Å². The standard InChI is InChI=1S/C29H29ClN4O11S/c1-10-13-8-9-14(32-28(42)33-46(44,45)12-6-4-11(30)5-7-12)21(35)16(13)22(36)17-15(10)23(37)19-20(34(2)3)24(38)18(27(31)41)26(40)29(19,43)25(17)39/h4-10,15,19-20,23,35,37-39,43H,1-3H3,(H2,31,41)(H2,32,33,42)/t10-,15+,19+,20-,23-,29-/m0/s1. The van der Waals surface area contributed by atoms with Crippen LogP contribution in [0.25, 0.3) is 0 Å². The number of aliphatic hydroxyl groups excluding tert-OH is 3. The van der Waals surface area contributed by atoms with Crippen LogP contribution >= 0.6 is 11.6 Å². The van der Waals surface area contributed by atoms with Crippen molar-refractivity contribution < 1.29 is 53.1 Å². The normalized spacial score (nSPS) is 27.6. The fourth-order valence-electron chi connectivity index (χ4n) is 6.67. The second-order valence-electron chi connectivity index (χ2n) is 11.5. The average molecular weight is 677 g/mol. The first-order chi connectivity index (χ1) is 21.4. The number of halogens is 1. The lowest BCUT2D eigenvalue weighted by atomic mass is 9.55. The third kappa shape index (κ3) is 4.72. The zero-order valence-electron chi connectivity index (χ0n) is 24.3. The first-order valence-corrected chi connectivity index (χ1v) is 15.5. The van der Waals surface area contributed by atoms with Gasteiger partial charge in [-0.15, -0.1) is 0 Å². The van der Waals surface area contributed by atoms with Crippen molar-refractivity contribution in [2.24, 2.45) is 17.6 Å². The Morgan fingerprint density at radius 2 is 1.65 bits per heavy atom. The molecular formula is C29H29ClN4O11S. The van der Waals surface area contributed by atoms with Crippen molar-refractivity contribution in [1.29, 1.82) is 0 Å². The number of phenols is 1. The van der Waals surface area contributed by atoms with Crippen LogP contribution in [0.2, 0.25) is 5.02 Å². The number of aliphatic hydroxyl groups is 4. The maximum atomic E-state index is 14.0. The van der Waals surface area contributed by atoms with Crippen LogP contribution in [0, 0.1) is 11.8 Å². The van der Waals surface area contributed by atoms with Crippen LogP contribution in [0.5, 0.6) is 5.75 Å². The number of sulfonamides is 1. The van der Waals surface area contributed by atoms with Gasteiger partial charge in [0.1, 0.15) is 17.1 Å². The highest BCUT2D eigenvalue weighted by Crippen LogP contribution is 2.56. The van der Waals surface area contributed by atoms with E-state index in [2.05, 4.69) is 5.32 Å². The van der Waals surface area contributed by atoms with Crippen molar-refractivity contribution in [2.75, 3.05) is 19.4 Å². The zero-order valence-corrected chi connectivity index (χ0v) is 25.9. The molecule has 9 N–H and O–H groups in total. The number of urea groups is 1. The van der Waals surface area contributed by atoms with Gasteiger partial charge in [0, 0.05) is 16.5 Å². The maximum absolute atomic E-state index is 14.0. The van der Waals surface area contributed by atoms with Crippen molar-refractivity contribution in [1.82, 2.24) is 9.62 Å². The number of hydrogen-bond donors (Lipinski definition) is 8. The molecule has 17 heteroatoms. The molecular weight excluding hydrogens is 648 g/mol. The summed E-state index contributed by atoms with van der Waals surface area (Å²) in [5.41, 5.74) is -0.191. The Kier molecular flexibility index (Phi) is 7.94. The van der Waals surface area contributed by atoms with Crippen LogP contribution in [-0.2, 0) is 19.6 Å². The average Bonchev–Trinajstić information content (AvgIpc) is 2.95. The van der Waals surface area contributed by atoms with Crippen molar-refractivity contribution in [3.63, 3.8) is 0 Å².